The molecule has 0 unspecified atom stereocenters. The highest BCUT2D eigenvalue weighted by atomic mass is 16.3. The fourth-order valence-corrected chi connectivity index (χ4v) is 7.56. The van der Waals surface area contributed by atoms with Crippen molar-refractivity contribution < 1.29 is 4.42 Å². The summed E-state index contributed by atoms with van der Waals surface area (Å²) in [4.78, 5) is 2.43. The van der Waals surface area contributed by atoms with Gasteiger partial charge in [-0.05, 0) is 91.3 Å². The van der Waals surface area contributed by atoms with Gasteiger partial charge in [-0.3, -0.25) is 0 Å². The van der Waals surface area contributed by atoms with E-state index in [1.807, 2.05) is 0 Å². The van der Waals surface area contributed by atoms with Crippen LogP contribution >= 0.6 is 0 Å². The van der Waals surface area contributed by atoms with E-state index in [4.69, 9.17) is 4.42 Å². The predicted octanol–water partition coefficient (Wildman–Crippen LogP) is 13.3. The monoisotopic (exact) mass is 611 g/mol. The van der Waals surface area contributed by atoms with Crippen molar-refractivity contribution in [3.05, 3.63) is 176 Å². The van der Waals surface area contributed by atoms with E-state index in [-0.39, 0.29) is 0 Å². The molecule has 0 radical (unpaired) electrons. The normalized spacial score (nSPS) is 11.8. The van der Waals surface area contributed by atoms with Crippen LogP contribution in [-0.4, -0.2) is 0 Å². The molecule has 224 valence electrons. The summed E-state index contributed by atoms with van der Waals surface area (Å²) in [6.07, 6.45) is 0. The highest BCUT2D eigenvalue weighted by molar-refractivity contribution is 6.24. The van der Waals surface area contributed by atoms with Crippen LogP contribution in [0.25, 0.3) is 76.2 Å². The number of hydrogen-bond donors (Lipinski definition) is 0. The fourth-order valence-electron chi connectivity index (χ4n) is 7.56. The van der Waals surface area contributed by atoms with Gasteiger partial charge in [0.2, 0.25) is 0 Å². The lowest BCUT2D eigenvalue weighted by molar-refractivity contribution is 0.669. The molecule has 9 aromatic carbocycles. The zero-order chi connectivity index (χ0) is 31.6. The van der Waals surface area contributed by atoms with Gasteiger partial charge in [0.1, 0.15) is 11.2 Å². The van der Waals surface area contributed by atoms with Crippen LogP contribution in [0.5, 0.6) is 0 Å². The van der Waals surface area contributed by atoms with E-state index in [0.29, 0.717) is 0 Å². The first-order valence-electron chi connectivity index (χ1n) is 16.4. The number of rotatable bonds is 4. The van der Waals surface area contributed by atoms with Gasteiger partial charge >= 0.3 is 0 Å². The zero-order valence-corrected chi connectivity index (χ0v) is 26.1. The topological polar surface area (TPSA) is 16.4 Å². The van der Waals surface area contributed by atoms with E-state index in [0.717, 1.165) is 39.0 Å². The van der Waals surface area contributed by atoms with E-state index in [9.17, 15) is 0 Å². The van der Waals surface area contributed by atoms with Gasteiger partial charge in [0, 0.05) is 16.5 Å². The third-order valence-corrected chi connectivity index (χ3v) is 9.78. The Morgan fingerprint density at radius 2 is 0.979 bits per heavy atom. The highest BCUT2D eigenvalue weighted by Crippen LogP contribution is 2.47. The average Bonchev–Trinajstić information content (AvgIpc) is 3.52. The first-order chi connectivity index (χ1) is 23.8. The van der Waals surface area contributed by atoms with Crippen LogP contribution in [-0.2, 0) is 0 Å². The summed E-state index contributed by atoms with van der Waals surface area (Å²) in [5.74, 6) is 0. The zero-order valence-electron chi connectivity index (χ0n) is 26.1. The fraction of sp³-hybridized carbons (Fsp3) is 0. The largest absolute Gasteiger partial charge is 0.456 e. The van der Waals surface area contributed by atoms with Crippen molar-refractivity contribution >= 4 is 82.1 Å². The summed E-state index contributed by atoms with van der Waals surface area (Å²) < 4.78 is 6.58. The van der Waals surface area contributed by atoms with Crippen molar-refractivity contribution in [3.8, 4) is 11.1 Å². The summed E-state index contributed by atoms with van der Waals surface area (Å²) in [6, 6.07) is 63.3. The first-order valence-corrected chi connectivity index (χ1v) is 16.4. The van der Waals surface area contributed by atoms with E-state index in [2.05, 4.69) is 181 Å². The predicted molar refractivity (Wildman–Crippen MR) is 204 cm³/mol. The molecule has 0 aliphatic heterocycles. The van der Waals surface area contributed by atoms with Crippen molar-refractivity contribution in [2.24, 2.45) is 0 Å². The summed E-state index contributed by atoms with van der Waals surface area (Å²) in [5.41, 5.74) is 7.46. The molecule has 2 nitrogen and oxygen atoms in total. The van der Waals surface area contributed by atoms with Gasteiger partial charge in [0.25, 0.3) is 0 Å². The molecule has 0 N–H and O–H groups in total. The third kappa shape index (κ3) is 4.13. The first kappa shape index (κ1) is 26.8. The maximum absolute atomic E-state index is 6.58. The lowest BCUT2D eigenvalue weighted by Crippen LogP contribution is -2.11. The van der Waals surface area contributed by atoms with Crippen LogP contribution in [0.2, 0.25) is 0 Å². The van der Waals surface area contributed by atoms with E-state index in [1.165, 1.54) is 54.2 Å². The Labute approximate surface area is 277 Å². The second kappa shape index (κ2) is 10.6. The molecule has 0 atom stereocenters. The molecule has 48 heavy (non-hydrogen) atoms. The molecule has 2 heteroatoms. The quantitative estimate of drug-likeness (QED) is 0.184. The smallest absolute Gasteiger partial charge is 0.137 e. The van der Waals surface area contributed by atoms with Crippen molar-refractivity contribution in [3.63, 3.8) is 0 Å². The van der Waals surface area contributed by atoms with Gasteiger partial charge in [-0.2, -0.15) is 0 Å². The Hall–Kier alpha value is -6.38. The summed E-state index contributed by atoms with van der Waals surface area (Å²) in [7, 11) is 0. The van der Waals surface area contributed by atoms with Gasteiger partial charge in [-0.15, -0.1) is 0 Å². The van der Waals surface area contributed by atoms with Gasteiger partial charge < -0.3 is 9.32 Å². The lowest BCUT2D eigenvalue weighted by Gasteiger charge is -2.28. The second-order valence-electron chi connectivity index (χ2n) is 12.5. The summed E-state index contributed by atoms with van der Waals surface area (Å²) >= 11 is 0. The third-order valence-electron chi connectivity index (χ3n) is 9.78. The van der Waals surface area contributed by atoms with Crippen molar-refractivity contribution in [1.29, 1.82) is 0 Å². The minimum absolute atomic E-state index is 0.875. The molecule has 0 aliphatic carbocycles. The maximum atomic E-state index is 6.58. The van der Waals surface area contributed by atoms with Crippen LogP contribution < -0.4 is 4.90 Å². The molecule has 0 bridgehead atoms. The highest BCUT2D eigenvalue weighted by Gasteiger charge is 2.22. The Morgan fingerprint density at radius 3 is 1.79 bits per heavy atom. The standard InChI is InChI=1S/C46H29NO/c1-2-11-30(12-3-1)31-23-25-36(26-24-31)47(41-19-10-20-43-46(41)40-27-33-14-4-5-15-34(33)29-44(40)48-43)42-28-35-22-21-32-13-6-7-16-37(32)45(35)39-18-9-8-17-38(39)42/h1-29H. The van der Waals surface area contributed by atoms with Gasteiger partial charge in [-0.1, -0.05) is 133 Å². The Balaban J connectivity index is 1.30. The number of anilines is 3. The van der Waals surface area contributed by atoms with Gasteiger partial charge in [-0.25, -0.2) is 0 Å². The molecule has 10 aromatic rings. The molecule has 0 saturated heterocycles. The Morgan fingerprint density at radius 1 is 0.333 bits per heavy atom. The number of hydrogen-bond acceptors (Lipinski definition) is 2. The summed E-state index contributed by atoms with van der Waals surface area (Å²) in [5, 5.41) is 12.0. The molecule has 1 heterocycles. The van der Waals surface area contributed by atoms with Crippen LogP contribution in [0.1, 0.15) is 0 Å². The van der Waals surface area contributed by atoms with Crippen molar-refractivity contribution in [2.75, 3.05) is 4.90 Å². The molecule has 0 fully saturated rings. The minimum Gasteiger partial charge on any atom is -0.456 e. The molecule has 0 saturated carbocycles. The van der Waals surface area contributed by atoms with E-state index >= 15 is 0 Å². The average molecular weight is 612 g/mol. The Kier molecular flexibility index (Phi) is 5.91. The maximum Gasteiger partial charge on any atom is 0.137 e. The van der Waals surface area contributed by atoms with Crippen LogP contribution in [0.4, 0.5) is 17.1 Å². The van der Waals surface area contributed by atoms with Gasteiger partial charge in [0.05, 0.1) is 16.8 Å². The summed E-state index contributed by atoms with van der Waals surface area (Å²) in [6.45, 7) is 0. The molecular weight excluding hydrogens is 583 g/mol. The lowest BCUT2D eigenvalue weighted by atomic mass is 9.94. The van der Waals surface area contributed by atoms with Crippen LogP contribution in [0.15, 0.2) is 180 Å². The van der Waals surface area contributed by atoms with Crippen LogP contribution in [0, 0.1) is 0 Å². The van der Waals surface area contributed by atoms with E-state index < -0.39 is 0 Å². The Bertz CT molecular complexity index is 2830. The second-order valence-corrected chi connectivity index (χ2v) is 12.5. The van der Waals surface area contributed by atoms with Crippen molar-refractivity contribution in [2.45, 2.75) is 0 Å². The van der Waals surface area contributed by atoms with Gasteiger partial charge in [0.15, 0.2) is 0 Å². The molecule has 1 aromatic heterocycles. The number of benzene rings is 9. The SMILES string of the molecule is c1ccc(-c2ccc(N(c3cc4ccc5ccccc5c4c4ccccc34)c3cccc4oc5cc6ccccc6cc5c34)cc2)cc1. The van der Waals surface area contributed by atoms with Crippen LogP contribution in [0.3, 0.4) is 0 Å². The molecular formula is C46H29NO. The molecule has 0 amide bonds. The number of nitrogens with zero attached hydrogens (tertiary/aromatic N) is 1. The molecule has 10 rings (SSSR count). The van der Waals surface area contributed by atoms with E-state index in [1.54, 1.807) is 0 Å². The number of furan rings is 1. The molecule has 0 spiro atoms. The minimum atomic E-state index is 0.875. The van der Waals surface area contributed by atoms with Crippen molar-refractivity contribution in [1.82, 2.24) is 0 Å². The number of fused-ring (bicyclic) bond motifs is 9. The molecule has 0 aliphatic rings.